The molecule has 10 nitrogen and oxygen atoms in total. The maximum Gasteiger partial charge on any atom is 0.573 e. The van der Waals surface area contributed by atoms with Crippen LogP contribution in [0.5, 0.6) is 5.75 Å². The lowest BCUT2D eigenvalue weighted by molar-refractivity contribution is -0.274. The number of β-amino-alcohol motifs (C(OH)–C–C–N with tert-alkyl or cyclic N) is 1. The molecule has 0 aromatic heterocycles. The molecule has 0 radical (unpaired) electrons. The molecule has 2 aromatic rings. The van der Waals surface area contributed by atoms with Crippen LogP contribution in [0, 0.1) is 11.5 Å². The summed E-state index contributed by atoms with van der Waals surface area (Å²) in [6, 6.07) is 4.06. The highest BCUT2D eigenvalue weighted by Crippen LogP contribution is 2.39. The number of aliphatic hydroxyl groups excluding tert-OH is 1. The Labute approximate surface area is 256 Å². The number of hydrogen-bond acceptors (Lipinski definition) is 7. The number of halogens is 8. The van der Waals surface area contributed by atoms with Crippen molar-refractivity contribution in [3.8, 4) is 11.9 Å². The maximum atomic E-state index is 13.5. The first-order valence-electron chi connectivity index (χ1n) is 12.9. The molecule has 4 rings (SSSR count). The van der Waals surface area contributed by atoms with Crippen LogP contribution in [0.25, 0.3) is 0 Å². The first-order chi connectivity index (χ1) is 20.6. The van der Waals surface area contributed by atoms with E-state index in [9.17, 15) is 41.5 Å². The number of aliphatic imine (C=N–C) groups is 1. The van der Waals surface area contributed by atoms with Crippen molar-refractivity contribution in [3.05, 3.63) is 57.6 Å². The van der Waals surface area contributed by atoms with E-state index in [4.69, 9.17) is 23.2 Å². The van der Waals surface area contributed by atoms with E-state index in [2.05, 4.69) is 25.5 Å². The van der Waals surface area contributed by atoms with Gasteiger partial charge < -0.3 is 20.1 Å². The number of carbonyl (C=O) groups excluding carboxylic acids is 1. The van der Waals surface area contributed by atoms with Crippen LogP contribution in [0.3, 0.4) is 0 Å². The number of nitrogens with one attached hydrogen (secondary N) is 2. The van der Waals surface area contributed by atoms with Crippen molar-refractivity contribution in [2.45, 2.75) is 44.1 Å². The molecular weight excluding hydrogens is 643 g/mol. The standard InChI is InChI=1S/C26H23Cl2F6N7O3/c1-2-40(23(43)19-9-15(42)10-36-19)20-11-41(39-22(20)13-3-5-16(27)17(28)7-13)24(37-12-35)38-18-8-14(25(29,30)31)4-6-21(18)44-26(32,33)34/h3-8,15,19-20,36,42H,2,9-11H2,1H3,(H,37,38)/t15-,19-,20?/m1/s1. The predicted octanol–water partition coefficient (Wildman–Crippen LogP) is 4.63. The number of hydrazone groups is 1. The predicted molar refractivity (Wildman–Crippen MR) is 147 cm³/mol. The summed E-state index contributed by atoms with van der Waals surface area (Å²) in [4.78, 5) is 18.8. The molecule has 1 fully saturated rings. The second kappa shape index (κ2) is 13.1. The zero-order valence-electron chi connectivity index (χ0n) is 22.5. The Hall–Kier alpha value is -3.78. The fourth-order valence-corrected chi connectivity index (χ4v) is 5.01. The minimum atomic E-state index is -5.27. The van der Waals surface area contributed by atoms with Crippen LogP contribution in [-0.4, -0.2) is 76.8 Å². The van der Waals surface area contributed by atoms with Crippen LogP contribution in [0.2, 0.25) is 10.0 Å². The van der Waals surface area contributed by atoms with E-state index < -0.39 is 59.6 Å². The van der Waals surface area contributed by atoms with Crippen LogP contribution in [0.4, 0.5) is 32.0 Å². The topological polar surface area (TPSA) is 126 Å². The Morgan fingerprint density at radius 2 is 1.95 bits per heavy atom. The fourth-order valence-electron chi connectivity index (χ4n) is 4.71. The summed E-state index contributed by atoms with van der Waals surface area (Å²) < 4.78 is 83.4. The Kier molecular flexibility index (Phi) is 9.83. The Balaban J connectivity index is 1.82. The maximum absolute atomic E-state index is 13.5. The molecule has 1 amide bonds. The number of nitriles is 1. The highest BCUT2D eigenvalue weighted by molar-refractivity contribution is 6.42. The number of amides is 1. The molecule has 0 saturated carbocycles. The van der Waals surface area contributed by atoms with Gasteiger partial charge in [0.2, 0.25) is 11.9 Å². The summed E-state index contributed by atoms with van der Waals surface area (Å²) in [6.45, 7) is 1.79. The SMILES string of the molecule is CCN(C(=O)[C@H]1C[C@@H](O)CN1)C1CN(C(=Nc2cc(C(F)(F)F)ccc2OC(F)(F)F)NC#N)N=C1c1ccc(Cl)c(Cl)c1. The van der Waals surface area contributed by atoms with Crippen molar-refractivity contribution >= 4 is 46.5 Å². The van der Waals surface area contributed by atoms with Gasteiger partial charge in [0.1, 0.15) is 5.69 Å². The van der Waals surface area contributed by atoms with Gasteiger partial charge in [-0.05, 0) is 43.7 Å². The van der Waals surface area contributed by atoms with Gasteiger partial charge in [0.25, 0.3) is 0 Å². The van der Waals surface area contributed by atoms with Crippen LogP contribution in [0.1, 0.15) is 24.5 Å². The third kappa shape index (κ3) is 7.65. The molecule has 44 heavy (non-hydrogen) atoms. The van der Waals surface area contributed by atoms with Gasteiger partial charge in [-0.1, -0.05) is 29.3 Å². The molecule has 1 unspecified atom stereocenters. The first kappa shape index (κ1) is 33.1. The molecular formula is C26H23Cl2F6N7O3. The molecule has 2 aliphatic heterocycles. The number of likely N-dealkylation sites (N-methyl/N-ethyl adjacent to an activating group) is 1. The van der Waals surface area contributed by atoms with Crippen molar-refractivity contribution in [2.75, 3.05) is 19.6 Å². The summed E-state index contributed by atoms with van der Waals surface area (Å²) in [5.74, 6) is -2.02. The van der Waals surface area contributed by atoms with Crippen LogP contribution < -0.4 is 15.4 Å². The highest BCUT2D eigenvalue weighted by atomic mass is 35.5. The second-order valence-electron chi connectivity index (χ2n) is 9.59. The van der Waals surface area contributed by atoms with Gasteiger partial charge in [-0.2, -0.15) is 23.5 Å². The number of guanidine groups is 1. The number of alkyl halides is 6. The van der Waals surface area contributed by atoms with E-state index in [0.717, 1.165) is 5.01 Å². The third-order valence-electron chi connectivity index (χ3n) is 6.66. The Morgan fingerprint density at radius 3 is 2.52 bits per heavy atom. The molecule has 3 N–H and O–H groups in total. The summed E-state index contributed by atoms with van der Waals surface area (Å²) in [6.07, 6.45) is -9.26. The molecule has 18 heteroatoms. The molecule has 0 aliphatic carbocycles. The summed E-state index contributed by atoms with van der Waals surface area (Å²) >= 11 is 12.3. The van der Waals surface area contributed by atoms with E-state index in [1.54, 1.807) is 19.2 Å². The second-order valence-corrected chi connectivity index (χ2v) is 10.4. The average molecular weight is 666 g/mol. The molecule has 236 valence electrons. The molecule has 3 atom stereocenters. The largest absolute Gasteiger partial charge is 0.573 e. The third-order valence-corrected chi connectivity index (χ3v) is 7.40. The van der Waals surface area contributed by atoms with Crippen molar-refractivity contribution < 1.29 is 41.0 Å². The summed E-state index contributed by atoms with van der Waals surface area (Å²) in [7, 11) is 0. The lowest BCUT2D eigenvalue weighted by Gasteiger charge is -2.31. The zero-order chi connectivity index (χ0) is 32.4. The van der Waals surface area contributed by atoms with E-state index in [1.807, 2.05) is 0 Å². The van der Waals surface area contributed by atoms with E-state index in [1.165, 1.54) is 17.0 Å². The van der Waals surface area contributed by atoms with Gasteiger partial charge in [0.05, 0.1) is 46.1 Å². The van der Waals surface area contributed by atoms with Crippen molar-refractivity contribution in [2.24, 2.45) is 10.1 Å². The van der Waals surface area contributed by atoms with Gasteiger partial charge >= 0.3 is 12.5 Å². The number of hydrogen-bond donors (Lipinski definition) is 3. The summed E-state index contributed by atoms with van der Waals surface area (Å²) in [5.41, 5.74) is -1.64. The lowest BCUT2D eigenvalue weighted by atomic mass is 10.0. The lowest BCUT2D eigenvalue weighted by Crippen LogP contribution is -2.53. The first-order valence-corrected chi connectivity index (χ1v) is 13.6. The molecule has 0 bridgehead atoms. The molecule has 2 aliphatic rings. The summed E-state index contributed by atoms with van der Waals surface area (Å²) in [5, 5.41) is 30.2. The van der Waals surface area contributed by atoms with Gasteiger partial charge in [-0.25, -0.2) is 10.0 Å². The van der Waals surface area contributed by atoms with Gasteiger partial charge in [0.15, 0.2) is 11.9 Å². The molecule has 0 spiro atoms. The number of benzene rings is 2. The van der Waals surface area contributed by atoms with Crippen molar-refractivity contribution in [1.29, 1.82) is 5.26 Å². The highest BCUT2D eigenvalue weighted by Gasteiger charge is 2.41. The number of nitrogens with zero attached hydrogens (tertiary/aromatic N) is 5. The number of ether oxygens (including phenoxy) is 1. The van der Waals surface area contributed by atoms with Crippen LogP contribution in [-0.2, 0) is 11.0 Å². The normalized spacial score (nSPS) is 20.8. The molecule has 2 aromatic carbocycles. The fraction of sp³-hybridized carbons (Fsp3) is 0.385. The quantitative estimate of drug-likeness (QED) is 0.135. The van der Waals surface area contributed by atoms with E-state index in [-0.39, 0.29) is 41.8 Å². The monoisotopic (exact) mass is 665 g/mol. The number of aliphatic hydroxyl groups is 1. The minimum absolute atomic E-state index is 0.140. The van der Waals surface area contributed by atoms with Gasteiger partial charge in [-0.3, -0.25) is 10.1 Å². The van der Waals surface area contributed by atoms with Gasteiger partial charge in [0, 0.05) is 18.7 Å². The van der Waals surface area contributed by atoms with Gasteiger partial charge in [-0.15, -0.1) is 13.2 Å². The van der Waals surface area contributed by atoms with Crippen LogP contribution in [0.15, 0.2) is 46.5 Å². The van der Waals surface area contributed by atoms with Crippen LogP contribution >= 0.6 is 23.2 Å². The van der Waals surface area contributed by atoms with E-state index >= 15 is 0 Å². The Morgan fingerprint density at radius 1 is 1.23 bits per heavy atom. The number of carbonyl (C=O) groups is 1. The smallest absolute Gasteiger partial charge is 0.403 e. The van der Waals surface area contributed by atoms with E-state index in [0.29, 0.717) is 23.8 Å². The van der Waals surface area contributed by atoms with Crippen molar-refractivity contribution in [3.63, 3.8) is 0 Å². The Bertz CT molecular complexity index is 1510. The molecule has 1 saturated heterocycles. The zero-order valence-corrected chi connectivity index (χ0v) is 24.1. The number of rotatable bonds is 6. The minimum Gasteiger partial charge on any atom is -0.403 e. The molecule has 2 heterocycles. The average Bonchev–Trinajstić information content (AvgIpc) is 3.57. The van der Waals surface area contributed by atoms with Crippen molar-refractivity contribution in [1.82, 2.24) is 20.5 Å².